The highest BCUT2D eigenvalue weighted by Crippen LogP contribution is 2.14. The summed E-state index contributed by atoms with van der Waals surface area (Å²) in [4.78, 5) is 22.2. The van der Waals surface area contributed by atoms with Gasteiger partial charge in [-0.15, -0.1) is 0 Å². The third-order valence-corrected chi connectivity index (χ3v) is 2.27. The number of hydrogen-bond donors (Lipinski definition) is 0. The van der Waals surface area contributed by atoms with Gasteiger partial charge in [0, 0.05) is 18.4 Å². The summed E-state index contributed by atoms with van der Waals surface area (Å²) < 4.78 is 30.7. The predicted octanol–water partition coefficient (Wildman–Crippen LogP) is 2.03. The van der Waals surface area contributed by atoms with Crippen LogP contribution in [0.2, 0.25) is 0 Å². The maximum Gasteiger partial charge on any atom is 0.305 e. The largest absolute Gasteiger partial charge is 0.469 e. The lowest BCUT2D eigenvalue weighted by atomic mass is 10.0. The summed E-state index contributed by atoms with van der Waals surface area (Å²) in [5, 5.41) is 0. The van der Waals surface area contributed by atoms with Gasteiger partial charge < -0.3 is 4.74 Å². The fourth-order valence-electron chi connectivity index (χ4n) is 1.33. The molecule has 0 atom stereocenters. The van der Waals surface area contributed by atoms with Crippen LogP contribution in [0.4, 0.5) is 8.78 Å². The summed E-state index contributed by atoms with van der Waals surface area (Å²) in [5.41, 5.74) is -0.262. The van der Waals surface area contributed by atoms with Gasteiger partial charge in [-0.05, 0) is 12.1 Å². The lowest BCUT2D eigenvalue weighted by molar-refractivity contribution is -0.141. The van der Waals surface area contributed by atoms with Gasteiger partial charge in [0.05, 0.1) is 13.5 Å². The van der Waals surface area contributed by atoms with E-state index in [1.54, 1.807) is 0 Å². The van der Waals surface area contributed by atoms with Crippen LogP contribution >= 0.6 is 0 Å². The second-order valence-corrected chi connectivity index (χ2v) is 3.49. The monoisotopic (exact) mass is 242 g/mol. The summed E-state index contributed by atoms with van der Waals surface area (Å²) in [6.45, 7) is 0. The van der Waals surface area contributed by atoms with Gasteiger partial charge in [-0.2, -0.15) is 0 Å². The van der Waals surface area contributed by atoms with Crippen LogP contribution in [0.25, 0.3) is 0 Å². The molecule has 0 aliphatic heterocycles. The molecule has 1 rings (SSSR count). The lowest BCUT2D eigenvalue weighted by Gasteiger charge is -2.03. The number of Topliss-reactive ketones (excluding diaryl/α,β-unsaturated/α-hetero) is 1. The summed E-state index contributed by atoms with van der Waals surface area (Å²) in [6.07, 6.45) is -0.513. The van der Waals surface area contributed by atoms with Crippen LogP contribution in [0.3, 0.4) is 0 Å². The zero-order valence-corrected chi connectivity index (χ0v) is 9.33. The Labute approximate surface area is 97.4 Å². The molecule has 0 unspecified atom stereocenters. The molecular formula is C12H12F2O3. The number of ketones is 1. The average molecular weight is 242 g/mol. The normalized spacial score (nSPS) is 10.1. The van der Waals surface area contributed by atoms with E-state index < -0.39 is 23.4 Å². The molecule has 0 amide bonds. The smallest absolute Gasteiger partial charge is 0.305 e. The van der Waals surface area contributed by atoms with E-state index in [2.05, 4.69) is 4.74 Å². The molecule has 0 heterocycles. The first-order valence-electron chi connectivity index (χ1n) is 5.06. The minimum atomic E-state index is -0.753. The van der Waals surface area contributed by atoms with Crippen LogP contribution in [0.5, 0.6) is 0 Å². The molecule has 0 aromatic heterocycles. The van der Waals surface area contributed by atoms with Crippen molar-refractivity contribution < 1.29 is 23.1 Å². The molecule has 0 spiro atoms. The number of carbonyl (C=O) groups is 2. The highest BCUT2D eigenvalue weighted by molar-refractivity contribution is 5.84. The molecule has 1 aromatic rings. The molecule has 17 heavy (non-hydrogen) atoms. The Balaban J connectivity index is 2.59. The second-order valence-electron chi connectivity index (χ2n) is 3.49. The van der Waals surface area contributed by atoms with Crippen molar-refractivity contribution in [2.75, 3.05) is 7.11 Å². The topological polar surface area (TPSA) is 43.4 Å². The van der Waals surface area contributed by atoms with Crippen molar-refractivity contribution in [2.24, 2.45) is 0 Å². The van der Waals surface area contributed by atoms with Crippen molar-refractivity contribution >= 4 is 11.8 Å². The first-order chi connectivity index (χ1) is 8.04. The fourth-order valence-corrected chi connectivity index (χ4v) is 1.33. The number of rotatable bonds is 5. The Bertz CT molecular complexity index is 410. The van der Waals surface area contributed by atoms with Crippen LogP contribution in [-0.4, -0.2) is 18.9 Å². The molecule has 0 bridgehead atoms. The van der Waals surface area contributed by atoms with Gasteiger partial charge in [0.1, 0.15) is 17.4 Å². The van der Waals surface area contributed by atoms with E-state index in [-0.39, 0.29) is 24.8 Å². The van der Waals surface area contributed by atoms with Crippen molar-refractivity contribution in [1.29, 1.82) is 0 Å². The van der Waals surface area contributed by atoms with Crippen molar-refractivity contribution in [3.05, 3.63) is 35.4 Å². The first-order valence-corrected chi connectivity index (χ1v) is 5.06. The summed E-state index contributed by atoms with van der Waals surface area (Å²) >= 11 is 0. The zero-order valence-electron chi connectivity index (χ0n) is 9.33. The molecule has 0 N–H and O–H groups in total. The highest BCUT2D eigenvalue weighted by atomic mass is 19.1. The van der Waals surface area contributed by atoms with Crippen LogP contribution in [0.15, 0.2) is 18.2 Å². The quantitative estimate of drug-likeness (QED) is 0.742. The van der Waals surface area contributed by atoms with Crippen molar-refractivity contribution in [2.45, 2.75) is 19.3 Å². The minimum absolute atomic E-state index is 0.0780. The third-order valence-electron chi connectivity index (χ3n) is 2.27. The van der Waals surface area contributed by atoms with Gasteiger partial charge in [0.25, 0.3) is 0 Å². The molecule has 92 valence electrons. The van der Waals surface area contributed by atoms with E-state index in [1.165, 1.54) is 13.2 Å². The van der Waals surface area contributed by atoms with E-state index in [9.17, 15) is 18.4 Å². The van der Waals surface area contributed by atoms with Crippen molar-refractivity contribution in [3.8, 4) is 0 Å². The van der Waals surface area contributed by atoms with E-state index in [4.69, 9.17) is 0 Å². The Morgan fingerprint density at radius 2 is 1.76 bits per heavy atom. The molecule has 0 saturated heterocycles. The number of hydrogen-bond acceptors (Lipinski definition) is 3. The van der Waals surface area contributed by atoms with Crippen molar-refractivity contribution in [3.63, 3.8) is 0 Å². The number of halogens is 2. The minimum Gasteiger partial charge on any atom is -0.469 e. The Morgan fingerprint density at radius 1 is 1.18 bits per heavy atom. The van der Waals surface area contributed by atoms with Gasteiger partial charge in [-0.25, -0.2) is 8.78 Å². The van der Waals surface area contributed by atoms with Gasteiger partial charge in [0.15, 0.2) is 0 Å². The third kappa shape index (κ3) is 3.94. The second kappa shape index (κ2) is 6.08. The number of ether oxygens (including phenoxy) is 1. The summed E-state index contributed by atoms with van der Waals surface area (Å²) in [7, 11) is 1.21. The van der Waals surface area contributed by atoms with Crippen LogP contribution in [-0.2, 0) is 20.7 Å². The SMILES string of the molecule is COC(=O)CCC(=O)Cc1c(F)cccc1F. The number of benzene rings is 1. The highest BCUT2D eigenvalue weighted by Gasteiger charge is 2.14. The van der Waals surface area contributed by atoms with E-state index in [0.717, 1.165) is 12.1 Å². The summed E-state index contributed by atoms with van der Waals surface area (Å²) in [6, 6.07) is 3.41. The molecule has 0 aliphatic rings. The molecule has 0 fully saturated rings. The molecule has 5 heteroatoms. The van der Waals surface area contributed by atoms with E-state index in [1.807, 2.05) is 0 Å². The van der Waals surface area contributed by atoms with Gasteiger partial charge in [-0.1, -0.05) is 6.07 Å². The van der Waals surface area contributed by atoms with Gasteiger partial charge in [-0.3, -0.25) is 9.59 Å². The van der Waals surface area contributed by atoms with Gasteiger partial charge >= 0.3 is 5.97 Å². The fraction of sp³-hybridized carbons (Fsp3) is 0.333. The van der Waals surface area contributed by atoms with Crippen molar-refractivity contribution in [1.82, 2.24) is 0 Å². The molecule has 0 saturated carbocycles. The van der Waals surface area contributed by atoms with E-state index in [0.29, 0.717) is 0 Å². The van der Waals surface area contributed by atoms with Crippen LogP contribution in [0.1, 0.15) is 18.4 Å². The Kier molecular flexibility index (Phi) is 4.75. The number of methoxy groups -OCH3 is 1. The number of esters is 1. The standard InChI is InChI=1S/C12H12F2O3/c1-17-12(16)6-5-8(15)7-9-10(13)3-2-4-11(9)14/h2-4H,5-7H2,1H3. The maximum atomic E-state index is 13.2. The molecular weight excluding hydrogens is 230 g/mol. The van der Waals surface area contributed by atoms with Gasteiger partial charge in [0.2, 0.25) is 0 Å². The molecule has 1 aromatic carbocycles. The Hall–Kier alpha value is -1.78. The Morgan fingerprint density at radius 3 is 2.29 bits per heavy atom. The van der Waals surface area contributed by atoms with E-state index >= 15 is 0 Å². The molecule has 0 aliphatic carbocycles. The number of carbonyl (C=O) groups excluding carboxylic acids is 2. The maximum absolute atomic E-state index is 13.2. The first kappa shape index (κ1) is 13.3. The zero-order chi connectivity index (χ0) is 12.8. The van der Waals surface area contributed by atoms with Crippen LogP contribution in [0, 0.1) is 11.6 Å². The predicted molar refractivity (Wildman–Crippen MR) is 56.3 cm³/mol. The molecule has 0 radical (unpaired) electrons. The lowest BCUT2D eigenvalue weighted by Crippen LogP contribution is -2.10. The van der Waals surface area contributed by atoms with Crippen LogP contribution < -0.4 is 0 Å². The summed E-state index contributed by atoms with van der Waals surface area (Å²) in [5.74, 6) is -2.43. The average Bonchev–Trinajstić information content (AvgIpc) is 2.31. The molecule has 3 nitrogen and oxygen atoms in total.